The first-order valence-electron chi connectivity index (χ1n) is 6.40. The highest BCUT2D eigenvalue weighted by molar-refractivity contribution is 5.90. The fraction of sp³-hybridized carbons (Fsp3) is 0.615. The number of carbonyl (C=O) groups excluding carboxylic acids is 2. The Labute approximate surface area is 123 Å². The normalized spacial score (nSPS) is 11.7. The average Bonchev–Trinajstić information content (AvgIpc) is 2.73. The zero-order valence-corrected chi connectivity index (χ0v) is 13.1. The molecule has 0 aliphatic heterocycles. The summed E-state index contributed by atoms with van der Waals surface area (Å²) < 4.78 is 15.0. The molecule has 1 heterocycles. The minimum Gasteiger partial charge on any atom is -0.443 e. The van der Waals surface area contributed by atoms with Gasteiger partial charge in [-0.05, 0) is 41.5 Å². The van der Waals surface area contributed by atoms with Crippen LogP contribution in [0.3, 0.4) is 0 Å². The molecule has 0 aromatic carbocycles. The maximum absolute atomic E-state index is 12.1. The van der Waals surface area contributed by atoms with Gasteiger partial charge in [0.25, 0.3) is 0 Å². The van der Waals surface area contributed by atoms with Crippen LogP contribution in [0.5, 0.6) is 0 Å². The van der Waals surface area contributed by atoms with Gasteiger partial charge >= 0.3 is 12.2 Å². The van der Waals surface area contributed by atoms with Gasteiger partial charge in [0.15, 0.2) is 0 Å². The van der Waals surface area contributed by atoms with Gasteiger partial charge in [-0.3, -0.25) is 0 Å². The molecule has 1 aromatic rings. The molecule has 0 spiro atoms. The molecule has 1 rings (SSSR count). The van der Waals surface area contributed by atoms with Crippen molar-refractivity contribution in [3.63, 3.8) is 0 Å². The summed E-state index contributed by atoms with van der Waals surface area (Å²) in [5.41, 5.74) is 1.10. The lowest BCUT2D eigenvalue weighted by atomic mass is 10.2. The second kappa shape index (κ2) is 6.02. The first-order chi connectivity index (χ1) is 9.48. The molecule has 0 fully saturated rings. The quantitative estimate of drug-likeness (QED) is 0.801. The van der Waals surface area contributed by atoms with Crippen LogP contribution in [0, 0.1) is 0 Å². The number of carbonyl (C=O) groups is 2. The first-order valence-corrected chi connectivity index (χ1v) is 6.40. The predicted octanol–water partition coefficient (Wildman–Crippen LogP) is 2.86. The molecule has 0 aliphatic rings. The number of hydrazine groups is 1. The van der Waals surface area contributed by atoms with E-state index in [9.17, 15) is 9.59 Å². The van der Waals surface area contributed by atoms with Crippen LogP contribution in [0.2, 0.25) is 0 Å². The van der Waals surface area contributed by atoms with Gasteiger partial charge in [0.05, 0.1) is 6.20 Å². The zero-order valence-electron chi connectivity index (χ0n) is 13.1. The molecule has 2 amide bonds. The van der Waals surface area contributed by atoms with Crippen LogP contribution in [0.25, 0.3) is 0 Å². The number of amides is 2. The summed E-state index contributed by atoms with van der Waals surface area (Å²) in [6.07, 6.45) is 0.883. The predicted molar refractivity (Wildman–Crippen MR) is 74.6 cm³/mol. The fourth-order valence-electron chi connectivity index (χ4n) is 1.23. The van der Waals surface area contributed by atoms with Gasteiger partial charge in [0.1, 0.15) is 23.2 Å². The van der Waals surface area contributed by atoms with E-state index < -0.39 is 23.4 Å². The minimum absolute atomic E-state index is 0.218. The van der Waals surface area contributed by atoms with Crippen LogP contribution in [-0.2, 0) is 9.47 Å². The Kier molecular flexibility index (Phi) is 4.82. The molecule has 0 unspecified atom stereocenters. The molecular formula is C13H21N3O5. The van der Waals surface area contributed by atoms with Gasteiger partial charge in [-0.2, -0.15) is 5.01 Å². The van der Waals surface area contributed by atoms with E-state index in [1.807, 2.05) is 0 Å². The fourth-order valence-corrected chi connectivity index (χ4v) is 1.23. The SMILES string of the molecule is CC(C)(C)OC(=O)NN(C(=O)OC(C)(C)C)c1cnoc1. The van der Waals surface area contributed by atoms with E-state index in [-0.39, 0.29) is 5.69 Å². The number of hydrogen-bond acceptors (Lipinski definition) is 6. The zero-order chi connectivity index (χ0) is 16.3. The Morgan fingerprint density at radius 3 is 2.14 bits per heavy atom. The molecule has 1 N–H and O–H groups in total. The number of nitrogens with zero attached hydrogens (tertiary/aromatic N) is 2. The van der Waals surface area contributed by atoms with Crippen LogP contribution >= 0.6 is 0 Å². The van der Waals surface area contributed by atoms with Crippen molar-refractivity contribution >= 4 is 17.9 Å². The van der Waals surface area contributed by atoms with Crippen LogP contribution < -0.4 is 10.4 Å². The Hall–Kier alpha value is -2.25. The maximum Gasteiger partial charge on any atom is 0.434 e. The first kappa shape index (κ1) is 16.8. The molecule has 0 radical (unpaired) electrons. The number of anilines is 1. The van der Waals surface area contributed by atoms with Gasteiger partial charge < -0.3 is 14.0 Å². The number of hydrogen-bond donors (Lipinski definition) is 1. The summed E-state index contributed by atoms with van der Waals surface area (Å²) in [5.74, 6) is 0. The van der Waals surface area contributed by atoms with Crippen LogP contribution in [0.1, 0.15) is 41.5 Å². The van der Waals surface area contributed by atoms with Crippen LogP contribution in [0.4, 0.5) is 15.3 Å². The molecule has 0 atom stereocenters. The maximum atomic E-state index is 12.1. The Balaban J connectivity index is 2.85. The van der Waals surface area contributed by atoms with Crippen LogP contribution in [0.15, 0.2) is 17.0 Å². The number of aromatic nitrogens is 1. The van der Waals surface area contributed by atoms with Crippen molar-refractivity contribution in [2.75, 3.05) is 5.01 Å². The third-order valence-electron chi connectivity index (χ3n) is 1.86. The lowest BCUT2D eigenvalue weighted by Crippen LogP contribution is -2.50. The summed E-state index contributed by atoms with van der Waals surface area (Å²) >= 11 is 0. The van der Waals surface area contributed by atoms with Crippen molar-refractivity contribution in [3.05, 3.63) is 12.5 Å². The van der Waals surface area contributed by atoms with Crippen molar-refractivity contribution in [1.82, 2.24) is 10.6 Å². The summed E-state index contributed by atoms with van der Waals surface area (Å²) in [6.45, 7) is 10.3. The molecular weight excluding hydrogens is 278 g/mol. The van der Waals surface area contributed by atoms with Crippen molar-refractivity contribution in [2.24, 2.45) is 0 Å². The molecule has 0 bridgehead atoms. The number of rotatable bonds is 1. The third-order valence-corrected chi connectivity index (χ3v) is 1.86. The third kappa shape index (κ3) is 6.15. The molecule has 8 heteroatoms. The molecule has 21 heavy (non-hydrogen) atoms. The topological polar surface area (TPSA) is 93.9 Å². The summed E-state index contributed by atoms with van der Waals surface area (Å²) in [5, 5.41) is 4.36. The van der Waals surface area contributed by atoms with Gasteiger partial charge in [-0.1, -0.05) is 5.16 Å². The summed E-state index contributed by atoms with van der Waals surface area (Å²) in [6, 6.07) is 0. The summed E-state index contributed by atoms with van der Waals surface area (Å²) in [4.78, 5) is 23.9. The molecule has 0 saturated carbocycles. The Morgan fingerprint density at radius 1 is 1.14 bits per heavy atom. The molecule has 0 aliphatic carbocycles. The average molecular weight is 299 g/mol. The summed E-state index contributed by atoms with van der Waals surface area (Å²) in [7, 11) is 0. The second-order valence-electron chi connectivity index (χ2n) is 6.31. The monoisotopic (exact) mass is 299 g/mol. The lowest BCUT2D eigenvalue weighted by molar-refractivity contribution is 0.0425. The Morgan fingerprint density at radius 2 is 1.71 bits per heavy atom. The van der Waals surface area contributed by atoms with E-state index in [0.717, 1.165) is 5.01 Å². The van der Waals surface area contributed by atoms with Gasteiger partial charge in [0, 0.05) is 0 Å². The van der Waals surface area contributed by atoms with E-state index >= 15 is 0 Å². The van der Waals surface area contributed by atoms with Crippen molar-refractivity contribution in [1.29, 1.82) is 0 Å². The largest absolute Gasteiger partial charge is 0.443 e. The highest BCUT2D eigenvalue weighted by Crippen LogP contribution is 2.16. The van der Waals surface area contributed by atoms with Crippen LogP contribution in [-0.4, -0.2) is 28.5 Å². The van der Waals surface area contributed by atoms with E-state index in [2.05, 4.69) is 15.1 Å². The lowest BCUT2D eigenvalue weighted by Gasteiger charge is -2.27. The highest BCUT2D eigenvalue weighted by atomic mass is 16.6. The Bertz CT molecular complexity index is 485. The van der Waals surface area contributed by atoms with E-state index in [1.54, 1.807) is 41.5 Å². The van der Waals surface area contributed by atoms with E-state index in [1.165, 1.54) is 12.5 Å². The van der Waals surface area contributed by atoms with E-state index in [4.69, 9.17) is 9.47 Å². The van der Waals surface area contributed by atoms with Gasteiger partial charge in [0.2, 0.25) is 0 Å². The molecule has 118 valence electrons. The number of ether oxygens (including phenoxy) is 2. The standard InChI is InChI=1S/C13H21N3O5/c1-12(2,3)20-10(17)15-16(9-7-14-19-8-9)11(18)21-13(4,5)6/h7-8H,1-6H3,(H,15,17). The molecule has 8 nitrogen and oxygen atoms in total. The van der Waals surface area contributed by atoms with Crippen molar-refractivity contribution < 1.29 is 23.6 Å². The smallest absolute Gasteiger partial charge is 0.434 e. The van der Waals surface area contributed by atoms with Crippen molar-refractivity contribution in [3.8, 4) is 0 Å². The van der Waals surface area contributed by atoms with E-state index in [0.29, 0.717) is 0 Å². The minimum atomic E-state index is -0.797. The molecule has 1 aromatic heterocycles. The highest BCUT2D eigenvalue weighted by Gasteiger charge is 2.28. The van der Waals surface area contributed by atoms with Gasteiger partial charge in [-0.25, -0.2) is 15.0 Å². The number of nitrogens with one attached hydrogen (secondary N) is 1. The van der Waals surface area contributed by atoms with Crippen molar-refractivity contribution in [2.45, 2.75) is 52.7 Å². The second-order valence-corrected chi connectivity index (χ2v) is 6.31. The molecule has 0 saturated heterocycles. The van der Waals surface area contributed by atoms with Gasteiger partial charge in [-0.15, -0.1) is 0 Å².